The van der Waals surface area contributed by atoms with Gasteiger partial charge in [0.05, 0.1) is 19.7 Å². The molecule has 0 bridgehead atoms. The average molecular weight is 408 g/mol. The van der Waals surface area contributed by atoms with E-state index in [1.165, 1.54) is 102 Å². The number of allylic oxidation sites excluding steroid dienone is 2. The molecule has 1 rings (SSSR count). The van der Waals surface area contributed by atoms with Crippen molar-refractivity contribution < 1.29 is 9.59 Å². The molecule has 1 atom stereocenters. The van der Waals surface area contributed by atoms with Gasteiger partial charge >= 0.3 is 0 Å². The molecule has 0 aromatic rings. The van der Waals surface area contributed by atoms with Gasteiger partial charge in [-0.15, -0.1) is 0 Å². The van der Waals surface area contributed by atoms with E-state index in [2.05, 4.69) is 26.0 Å². The van der Waals surface area contributed by atoms with Crippen LogP contribution in [0.15, 0.2) is 17.1 Å². The van der Waals surface area contributed by atoms with E-state index in [4.69, 9.17) is 4.99 Å². The predicted octanol–water partition coefficient (Wildman–Crippen LogP) is 7.05. The van der Waals surface area contributed by atoms with Gasteiger partial charge in [0.15, 0.2) is 5.84 Å². The standard InChI is InChI=1S/C26H51N2O/c1-3-5-6-7-8-9-10-11-12-13-14-15-16-17-18-19-20-21-26-27-22-23-28(26,4-2)24-25-29/h16-17,29H,3-15,18-25H2,1-2H3/q+1/b17-16+. The molecule has 1 aliphatic rings. The zero-order chi connectivity index (χ0) is 21.0. The van der Waals surface area contributed by atoms with Gasteiger partial charge < -0.3 is 5.11 Å². The maximum Gasteiger partial charge on any atom is 0.198 e. The van der Waals surface area contributed by atoms with Gasteiger partial charge in [-0.3, -0.25) is 4.48 Å². The lowest BCUT2D eigenvalue weighted by Gasteiger charge is -2.33. The highest BCUT2D eigenvalue weighted by atomic mass is 16.3. The fourth-order valence-corrected chi connectivity index (χ4v) is 4.60. The van der Waals surface area contributed by atoms with E-state index in [9.17, 15) is 5.11 Å². The molecule has 0 radical (unpaired) electrons. The lowest BCUT2D eigenvalue weighted by atomic mass is 10.1. The Hall–Kier alpha value is -0.670. The molecule has 29 heavy (non-hydrogen) atoms. The Kier molecular flexibility index (Phi) is 16.5. The van der Waals surface area contributed by atoms with E-state index in [1.54, 1.807) is 0 Å². The number of hydrogen-bond acceptors (Lipinski definition) is 2. The molecule has 170 valence electrons. The SMILES string of the molecule is CCCCCCCCCCCCC/C=C/CCCCC1=NCC[N+]1(CC)CCO. The quantitative estimate of drug-likeness (QED) is 0.131. The van der Waals surface area contributed by atoms with Crippen molar-refractivity contribution in [3.8, 4) is 0 Å². The van der Waals surface area contributed by atoms with Crippen LogP contribution in [-0.2, 0) is 0 Å². The molecule has 1 N–H and O–H groups in total. The van der Waals surface area contributed by atoms with Gasteiger partial charge in [0.25, 0.3) is 0 Å². The molecule has 0 saturated carbocycles. The number of aliphatic imine (C=N–C) groups is 1. The van der Waals surface area contributed by atoms with E-state index < -0.39 is 0 Å². The zero-order valence-electron chi connectivity index (χ0n) is 19.8. The first-order valence-electron chi connectivity index (χ1n) is 12.9. The Labute approximate surface area is 182 Å². The number of nitrogens with zero attached hydrogens (tertiary/aromatic N) is 2. The summed E-state index contributed by atoms with van der Waals surface area (Å²) in [5, 5.41) is 9.38. The highest BCUT2D eigenvalue weighted by molar-refractivity contribution is 5.76. The summed E-state index contributed by atoms with van der Waals surface area (Å²) in [5.74, 6) is 1.34. The van der Waals surface area contributed by atoms with Crippen molar-refractivity contribution in [3.05, 3.63) is 12.2 Å². The number of rotatable bonds is 20. The van der Waals surface area contributed by atoms with E-state index in [1.807, 2.05) is 0 Å². The highest BCUT2D eigenvalue weighted by Crippen LogP contribution is 2.19. The second-order valence-electron chi connectivity index (χ2n) is 8.97. The van der Waals surface area contributed by atoms with Crippen molar-refractivity contribution in [2.75, 3.05) is 32.8 Å². The molecule has 0 saturated heterocycles. The van der Waals surface area contributed by atoms with Crippen LogP contribution in [0.25, 0.3) is 0 Å². The monoisotopic (exact) mass is 407 g/mol. The van der Waals surface area contributed by atoms with Gasteiger partial charge in [0.2, 0.25) is 0 Å². The largest absolute Gasteiger partial charge is 0.390 e. The summed E-state index contributed by atoms with van der Waals surface area (Å²) < 4.78 is 0.936. The smallest absolute Gasteiger partial charge is 0.198 e. The third kappa shape index (κ3) is 11.9. The Morgan fingerprint density at radius 1 is 0.793 bits per heavy atom. The number of unbranched alkanes of at least 4 members (excludes halogenated alkanes) is 13. The minimum Gasteiger partial charge on any atom is -0.390 e. The molecule has 1 aliphatic heterocycles. The molecule has 0 fully saturated rings. The van der Waals surface area contributed by atoms with Crippen LogP contribution < -0.4 is 0 Å². The van der Waals surface area contributed by atoms with Crippen LogP contribution in [-0.4, -0.2) is 48.2 Å². The number of hydrogen-bond donors (Lipinski definition) is 1. The van der Waals surface area contributed by atoms with Crippen molar-refractivity contribution in [2.45, 2.75) is 117 Å². The fraction of sp³-hybridized carbons (Fsp3) is 0.885. The summed E-state index contributed by atoms with van der Waals surface area (Å²) >= 11 is 0. The molecule has 0 aliphatic carbocycles. The Balaban J connectivity index is 1.90. The van der Waals surface area contributed by atoms with Crippen molar-refractivity contribution >= 4 is 5.84 Å². The maximum absolute atomic E-state index is 9.38. The second-order valence-corrected chi connectivity index (χ2v) is 8.97. The second kappa shape index (κ2) is 18.1. The Morgan fingerprint density at radius 2 is 1.34 bits per heavy atom. The van der Waals surface area contributed by atoms with Crippen LogP contribution in [0.1, 0.15) is 117 Å². The first kappa shape index (κ1) is 26.4. The molecule has 1 unspecified atom stereocenters. The van der Waals surface area contributed by atoms with E-state index in [0.29, 0.717) is 0 Å². The van der Waals surface area contributed by atoms with Crippen LogP contribution in [0.5, 0.6) is 0 Å². The maximum atomic E-state index is 9.38. The van der Waals surface area contributed by atoms with Gasteiger partial charge in [-0.2, -0.15) is 0 Å². The number of quaternary nitrogens is 1. The molecule has 0 amide bonds. The highest BCUT2D eigenvalue weighted by Gasteiger charge is 2.35. The van der Waals surface area contributed by atoms with Crippen LogP contribution in [0.2, 0.25) is 0 Å². The average Bonchev–Trinajstić information content (AvgIpc) is 3.13. The molecular weight excluding hydrogens is 356 g/mol. The van der Waals surface area contributed by atoms with Crippen LogP contribution in [0.3, 0.4) is 0 Å². The zero-order valence-corrected chi connectivity index (χ0v) is 19.8. The third-order valence-electron chi connectivity index (χ3n) is 6.67. The van der Waals surface area contributed by atoms with Gasteiger partial charge in [0, 0.05) is 6.42 Å². The number of aliphatic hydroxyl groups excluding tert-OH is 1. The van der Waals surface area contributed by atoms with Crippen LogP contribution in [0, 0.1) is 0 Å². The predicted molar refractivity (Wildman–Crippen MR) is 129 cm³/mol. The van der Waals surface area contributed by atoms with Crippen molar-refractivity contribution in [1.29, 1.82) is 0 Å². The molecule has 1 heterocycles. The summed E-state index contributed by atoms with van der Waals surface area (Å²) in [6.07, 6.45) is 26.5. The molecule has 3 nitrogen and oxygen atoms in total. The van der Waals surface area contributed by atoms with Crippen LogP contribution >= 0.6 is 0 Å². The number of amidine groups is 1. The number of aliphatic hydroxyl groups is 1. The summed E-state index contributed by atoms with van der Waals surface area (Å²) in [4.78, 5) is 4.75. The topological polar surface area (TPSA) is 32.6 Å². The molecule has 0 spiro atoms. The molecule has 0 aromatic heterocycles. The van der Waals surface area contributed by atoms with Gasteiger partial charge in [-0.1, -0.05) is 83.3 Å². The van der Waals surface area contributed by atoms with Gasteiger partial charge in [0.1, 0.15) is 13.1 Å². The normalized spacial score (nSPS) is 19.3. The van der Waals surface area contributed by atoms with Crippen LogP contribution in [0.4, 0.5) is 0 Å². The molecule has 0 aromatic carbocycles. The minimum atomic E-state index is 0.272. The summed E-state index contributed by atoms with van der Waals surface area (Å²) in [6.45, 7) is 8.74. The summed E-state index contributed by atoms with van der Waals surface area (Å²) in [5.41, 5.74) is 0. The van der Waals surface area contributed by atoms with E-state index in [0.717, 1.165) is 37.1 Å². The van der Waals surface area contributed by atoms with Crippen molar-refractivity contribution in [2.24, 2.45) is 4.99 Å². The van der Waals surface area contributed by atoms with Crippen molar-refractivity contribution in [1.82, 2.24) is 0 Å². The van der Waals surface area contributed by atoms with Crippen molar-refractivity contribution in [3.63, 3.8) is 0 Å². The summed E-state index contributed by atoms with van der Waals surface area (Å²) in [6, 6.07) is 0. The molecular formula is C26H51N2O+. The first-order chi connectivity index (χ1) is 14.3. The lowest BCUT2D eigenvalue weighted by Crippen LogP contribution is -2.52. The van der Waals surface area contributed by atoms with Gasteiger partial charge in [-0.25, -0.2) is 4.99 Å². The molecule has 3 heteroatoms. The van der Waals surface area contributed by atoms with E-state index in [-0.39, 0.29) is 6.61 Å². The Bertz CT molecular complexity index is 432. The lowest BCUT2D eigenvalue weighted by molar-refractivity contribution is -0.835. The summed E-state index contributed by atoms with van der Waals surface area (Å²) in [7, 11) is 0. The third-order valence-corrected chi connectivity index (χ3v) is 6.67. The van der Waals surface area contributed by atoms with Gasteiger partial charge in [-0.05, 0) is 39.0 Å². The first-order valence-corrected chi connectivity index (χ1v) is 12.9. The fourth-order valence-electron chi connectivity index (χ4n) is 4.60. The Morgan fingerprint density at radius 3 is 1.90 bits per heavy atom. The van der Waals surface area contributed by atoms with E-state index >= 15 is 0 Å². The minimum absolute atomic E-state index is 0.272. The number of likely N-dealkylation sites (N-methyl/N-ethyl adjacent to an activating group) is 1.